The molecule has 1 fully saturated rings. The number of hydrogen-bond acceptors (Lipinski definition) is 6. The third-order valence-corrected chi connectivity index (χ3v) is 4.39. The van der Waals surface area contributed by atoms with Crippen LogP contribution in [0.2, 0.25) is 0 Å². The summed E-state index contributed by atoms with van der Waals surface area (Å²) in [7, 11) is 3.26. The normalized spacial score (nSPS) is 14.7. The van der Waals surface area contributed by atoms with Crippen LogP contribution in [0.1, 0.15) is 44.7 Å². The van der Waals surface area contributed by atoms with Crippen molar-refractivity contribution in [2.75, 3.05) is 24.9 Å². The van der Waals surface area contributed by atoms with E-state index in [0.717, 1.165) is 23.6 Å². The van der Waals surface area contributed by atoms with Crippen LogP contribution >= 0.6 is 0 Å². The van der Waals surface area contributed by atoms with E-state index in [9.17, 15) is 0 Å². The number of anilines is 3. The molecule has 2 aromatic rings. The van der Waals surface area contributed by atoms with Gasteiger partial charge in [-0.05, 0) is 38.3 Å². The van der Waals surface area contributed by atoms with Gasteiger partial charge in [0, 0.05) is 29.8 Å². The summed E-state index contributed by atoms with van der Waals surface area (Å²) in [6.07, 6.45) is 3.43. The van der Waals surface area contributed by atoms with E-state index >= 15 is 0 Å². The number of ether oxygens (including phenoxy) is 2. The molecule has 1 atom stereocenters. The van der Waals surface area contributed by atoms with Gasteiger partial charge in [0.2, 0.25) is 5.95 Å². The maximum atomic E-state index is 5.37. The Morgan fingerprint density at radius 2 is 1.88 bits per heavy atom. The van der Waals surface area contributed by atoms with E-state index in [1.54, 1.807) is 14.2 Å². The van der Waals surface area contributed by atoms with Crippen molar-refractivity contribution >= 4 is 17.5 Å². The summed E-state index contributed by atoms with van der Waals surface area (Å²) in [5.41, 5.74) is 2.00. The van der Waals surface area contributed by atoms with Crippen LogP contribution in [-0.4, -0.2) is 30.2 Å². The smallest absolute Gasteiger partial charge is 0.225 e. The fourth-order valence-electron chi connectivity index (χ4n) is 2.57. The van der Waals surface area contributed by atoms with E-state index in [-0.39, 0.29) is 0 Å². The highest BCUT2D eigenvalue weighted by molar-refractivity contribution is 5.62. The minimum atomic E-state index is 0.336. The van der Waals surface area contributed by atoms with Crippen LogP contribution < -0.4 is 20.1 Å². The van der Waals surface area contributed by atoms with Gasteiger partial charge in [0.15, 0.2) is 11.5 Å². The lowest BCUT2D eigenvalue weighted by Gasteiger charge is -2.15. The quantitative estimate of drug-likeness (QED) is 0.744. The average molecular weight is 342 g/mol. The van der Waals surface area contributed by atoms with E-state index in [1.807, 2.05) is 24.3 Å². The number of benzene rings is 1. The summed E-state index contributed by atoms with van der Waals surface area (Å²) >= 11 is 0. The van der Waals surface area contributed by atoms with Gasteiger partial charge in [-0.2, -0.15) is 4.98 Å². The van der Waals surface area contributed by atoms with Crippen LogP contribution in [0.5, 0.6) is 11.5 Å². The highest BCUT2D eigenvalue weighted by Crippen LogP contribution is 2.40. The van der Waals surface area contributed by atoms with Crippen LogP contribution in [0.3, 0.4) is 0 Å². The van der Waals surface area contributed by atoms with Crippen LogP contribution in [0.15, 0.2) is 24.3 Å². The molecule has 1 aromatic heterocycles. The molecular weight excluding hydrogens is 316 g/mol. The van der Waals surface area contributed by atoms with Gasteiger partial charge in [0.1, 0.15) is 5.82 Å². The Labute approximate surface area is 149 Å². The van der Waals surface area contributed by atoms with E-state index in [1.165, 1.54) is 12.8 Å². The first kappa shape index (κ1) is 17.3. The van der Waals surface area contributed by atoms with Gasteiger partial charge >= 0.3 is 0 Å². The molecule has 0 aliphatic heterocycles. The van der Waals surface area contributed by atoms with E-state index in [2.05, 4.69) is 34.4 Å². The van der Waals surface area contributed by atoms with Crippen molar-refractivity contribution in [3.05, 3.63) is 30.0 Å². The number of aromatic nitrogens is 2. The van der Waals surface area contributed by atoms with Crippen molar-refractivity contribution in [3.8, 4) is 11.5 Å². The van der Waals surface area contributed by atoms with Crippen molar-refractivity contribution in [3.63, 3.8) is 0 Å². The third kappa shape index (κ3) is 4.32. The molecule has 1 aliphatic carbocycles. The van der Waals surface area contributed by atoms with Gasteiger partial charge in [-0.15, -0.1) is 0 Å². The molecule has 3 rings (SSSR count). The minimum Gasteiger partial charge on any atom is -0.493 e. The predicted molar refractivity (Wildman–Crippen MR) is 100 cm³/mol. The number of methoxy groups -OCH3 is 2. The molecule has 0 amide bonds. The molecule has 1 saturated carbocycles. The molecule has 1 aliphatic rings. The monoisotopic (exact) mass is 342 g/mol. The molecule has 6 heteroatoms. The Morgan fingerprint density at radius 3 is 2.52 bits per heavy atom. The zero-order valence-corrected chi connectivity index (χ0v) is 15.3. The zero-order chi connectivity index (χ0) is 17.8. The lowest BCUT2D eigenvalue weighted by molar-refractivity contribution is 0.355. The van der Waals surface area contributed by atoms with E-state index < -0.39 is 0 Å². The summed E-state index contributed by atoms with van der Waals surface area (Å²) in [6, 6.07) is 8.10. The van der Waals surface area contributed by atoms with Crippen LogP contribution in [0.4, 0.5) is 17.5 Å². The number of hydrogen-bond donors (Lipinski definition) is 2. The molecule has 2 N–H and O–H groups in total. The average Bonchev–Trinajstić information content (AvgIpc) is 3.46. The molecule has 134 valence electrons. The molecule has 25 heavy (non-hydrogen) atoms. The van der Waals surface area contributed by atoms with Gasteiger partial charge in [-0.25, -0.2) is 4.98 Å². The summed E-state index contributed by atoms with van der Waals surface area (Å²) in [6.45, 7) is 4.28. The Bertz CT molecular complexity index is 731. The van der Waals surface area contributed by atoms with Crippen LogP contribution in [0, 0.1) is 0 Å². The van der Waals surface area contributed by atoms with Crippen molar-refractivity contribution in [1.29, 1.82) is 0 Å². The second-order valence-electron chi connectivity index (χ2n) is 6.42. The molecule has 0 unspecified atom stereocenters. The molecule has 0 spiro atoms. The van der Waals surface area contributed by atoms with Crippen molar-refractivity contribution in [1.82, 2.24) is 9.97 Å². The second-order valence-corrected chi connectivity index (χ2v) is 6.42. The molecule has 1 aromatic carbocycles. The fraction of sp³-hybridized carbons (Fsp3) is 0.474. The zero-order valence-electron chi connectivity index (χ0n) is 15.3. The first-order chi connectivity index (χ1) is 12.1. The number of rotatable bonds is 8. The summed E-state index contributed by atoms with van der Waals surface area (Å²) in [4.78, 5) is 9.30. The fourth-order valence-corrected chi connectivity index (χ4v) is 2.57. The largest absolute Gasteiger partial charge is 0.493 e. The first-order valence-corrected chi connectivity index (χ1v) is 8.77. The van der Waals surface area contributed by atoms with E-state index in [4.69, 9.17) is 9.47 Å². The lowest BCUT2D eigenvalue weighted by Crippen LogP contribution is -2.16. The maximum Gasteiger partial charge on any atom is 0.225 e. The molecule has 0 saturated heterocycles. The van der Waals surface area contributed by atoms with Gasteiger partial charge in [-0.3, -0.25) is 0 Å². The Morgan fingerprint density at radius 1 is 1.12 bits per heavy atom. The summed E-state index contributed by atoms with van der Waals surface area (Å²) in [5, 5.41) is 6.73. The van der Waals surface area contributed by atoms with Crippen molar-refractivity contribution in [2.24, 2.45) is 0 Å². The standard InChI is InChI=1S/C19H26N4O2/c1-5-12(2)20-19-22-15(13-6-7-13)11-18(23-19)21-14-8-9-16(24-3)17(10-14)25-4/h8-13H,5-7H2,1-4H3,(H2,20,21,22,23)/t12-/m0/s1. The Kier molecular flexibility index (Phi) is 5.26. The van der Waals surface area contributed by atoms with Crippen molar-refractivity contribution in [2.45, 2.75) is 45.1 Å². The summed E-state index contributed by atoms with van der Waals surface area (Å²) in [5.74, 6) is 3.42. The van der Waals surface area contributed by atoms with Crippen molar-refractivity contribution < 1.29 is 9.47 Å². The highest BCUT2D eigenvalue weighted by atomic mass is 16.5. The Hall–Kier alpha value is -2.50. The van der Waals surface area contributed by atoms with Gasteiger partial charge in [0.05, 0.1) is 19.9 Å². The molecule has 0 bridgehead atoms. The molecular formula is C19H26N4O2. The molecule has 6 nitrogen and oxygen atoms in total. The maximum absolute atomic E-state index is 5.37. The van der Waals surface area contributed by atoms with Crippen LogP contribution in [0.25, 0.3) is 0 Å². The second kappa shape index (κ2) is 7.59. The lowest BCUT2D eigenvalue weighted by atomic mass is 10.2. The Balaban J connectivity index is 1.85. The number of nitrogens with zero attached hydrogens (tertiary/aromatic N) is 2. The van der Waals surface area contributed by atoms with Gasteiger partial charge in [0.25, 0.3) is 0 Å². The summed E-state index contributed by atoms with van der Waals surface area (Å²) < 4.78 is 10.7. The topological polar surface area (TPSA) is 68.3 Å². The predicted octanol–water partition coefficient (Wildman–Crippen LogP) is 4.33. The SMILES string of the molecule is CC[C@H](C)Nc1nc(Nc2ccc(OC)c(OC)c2)cc(C2CC2)n1. The molecule has 0 radical (unpaired) electrons. The van der Waals surface area contributed by atoms with E-state index in [0.29, 0.717) is 29.4 Å². The van der Waals surface area contributed by atoms with Gasteiger partial charge in [-0.1, -0.05) is 6.92 Å². The first-order valence-electron chi connectivity index (χ1n) is 8.77. The highest BCUT2D eigenvalue weighted by Gasteiger charge is 2.26. The number of nitrogens with one attached hydrogen (secondary N) is 2. The third-order valence-electron chi connectivity index (χ3n) is 4.39. The minimum absolute atomic E-state index is 0.336. The van der Waals surface area contributed by atoms with Gasteiger partial charge < -0.3 is 20.1 Å². The molecule has 1 heterocycles. The van der Waals surface area contributed by atoms with Crippen LogP contribution in [-0.2, 0) is 0 Å².